The first kappa shape index (κ1) is 20.8. The largest absolute Gasteiger partial charge is 0.358 e. The van der Waals surface area contributed by atoms with E-state index in [0.29, 0.717) is 34.6 Å². The second-order valence-electron chi connectivity index (χ2n) is 7.90. The first-order valence-corrected chi connectivity index (χ1v) is 10.4. The lowest BCUT2D eigenvalue weighted by Gasteiger charge is -2.32. The highest BCUT2D eigenvalue weighted by molar-refractivity contribution is 6.48. The van der Waals surface area contributed by atoms with Crippen LogP contribution in [0, 0.1) is 13.8 Å². The maximum absolute atomic E-state index is 13.0. The van der Waals surface area contributed by atoms with Crippen LogP contribution in [0.2, 0.25) is 0 Å². The minimum absolute atomic E-state index is 0.0207. The van der Waals surface area contributed by atoms with Crippen LogP contribution >= 0.6 is 0 Å². The number of rotatable bonds is 6. The van der Waals surface area contributed by atoms with Gasteiger partial charge in [-0.15, -0.1) is 0 Å². The number of H-pyrrole nitrogens is 1. The van der Waals surface area contributed by atoms with E-state index < -0.39 is 18.0 Å². The summed E-state index contributed by atoms with van der Waals surface area (Å²) >= 11 is 0. The molecule has 1 fully saturated rings. The molecule has 1 aliphatic heterocycles. The molecule has 3 heterocycles. The molecule has 9 heteroatoms. The second-order valence-corrected chi connectivity index (χ2v) is 7.90. The fourth-order valence-electron chi connectivity index (χ4n) is 4.09. The van der Waals surface area contributed by atoms with Crippen LogP contribution in [-0.2, 0) is 9.59 Å². The standard InChI is InChI=1S/C22H26N6O3/c1-4-7-14-11-18(29)26-22(24-14)28-17(10-12(2)27-28)25-21(31)20(30)19-13(3)23-16-9-6-5-8-15(16)19/h5-6,8-10,14,22-24H,4,7,11H2,1-3H3,(H,25,31)(H,26,29). The van der Waals surface area contributed by atoms with Gasteiger partial charge in [0.25, 0.3) is 11.7 Å². The van der Waals surface area contributed by atoms with Gasteiger partial charge in [-0.2, -0.15) is 5.10 Å². The summed E-state index contributed by atoms with van der Waals surface area (Å²) in [5, 5.41) is 14.0. The van der Waals surface area contributed by atoms with E-state index in [9.17, 15) is 14.4 Å². The molecular weight excluding hydrogens is 396 g/mol. The van der Waals surface area contributed by atoms with Gasteiger partial charge in [0.15, 0.2) is 6.29 Å². The fraction of sp³-hybridized carbons (Fsp3) is 0.364. The number of carbonyl (C=O) groups is 3. The van der Waals surface area contributed by atoms with Gasteiger partial charge in [-0.05, 0) is 26.3 Å². The third kappa shape index (κ3) is 4.09. The van der Waals surface area contributed by atoms with E-state index >= 15 is 0 Å². The number of hydrogen-bond acceptors (Lipinski definition) is 5. The van der Waals surface area contributed by atoms with Crippen molar-refractivity contribution < 1.29 is 14.4 Å². The van der Waals surface area contributed by atoms with Crippen molar-refractivity contribution in [1.82, 2.24) is 25.4 Å². The van der Waals surface area contributed by atoms with Gasteiger partial charge in [0.1, 0.15) is 5.82 Å². The molecule has 0 saturated carbocycles. The van der Waals surface area contributed by atoms with Crippen LogP contribution in [0.5, 0.6) is 0 Å². The van der Waals surface area contributed by atoms with Crippen LogP contribution < -0.4 is 16.0 Å². The molecule has 0 aliphatic carbocycles. The summed E-state index contributed by atoms with van der Waals surface area (Å²) in [7, 11) is 0. The average molecular weight is 422 g/mol. The summed E-state index contributed by atoms with van der Waals surface area (Å²) in [6.07, 6.45) is 1.58. The molecule has 1 aromatic carbocycles. The SMILES string of the molecule is CCCC1CC(=O)NC(n2nc(C)cc2NC(=O)C(=O)c2c(C)[nH]c3ccccc23)N1. The number of hydrogen-bond donors (Lipinski definition) is 4. The Kier molecular flexibility index (Phi) is 5.60. The summed E-state index contributed by atoms with van der Waals surface area (Å²) in [5.41, 5.74) is 2.44. The van der Waals surface area contributed by atoms with Gasteiger partial charge < -0.3 is 15.6 Å². The normalized spacial score (nSPS) is 18.7. The molecule has 2 amide bonds. The fourth-order valence-corrected chi connectivity index (χ4v) is 4.09. The molecule has 162 valence electrons. The molecule has 4 N–H and O–H groups in total. The summed E-state index contributed by atoms with van der Waals surface area (Å²) in [6.45, 7) is 5.61. The van der Waals surface area contributed by atoms with Crippen molar-refractivity contribution in [2.45, 2.75) is 52.4 Å². The summed E-state index contributed by atoms with van der Waals surface area (Å²) in [6, 6.07) is 9.05. The summed E-state index contributed by atoms with van der Waals surface area (Å²) in [4.78, 5) is 41.1. The molecule has 4 rings (SSSR count). The van der Waals surface area contributed by atoms with E-state index in [1.165, 1.54) is 4.68 Å². The monoisotopic (exact) mass is 422 g/mol. The lowest BCUT2D eigenvalue weighted by atomic mass is 10.1. The minimum Gasteiger partial charge on any atom is -0.358 e. The van der Waals surface area contributed by atoms with E-state index in [4.69, 9.17) is 0 Å². The highest BCUT2D eigenvalue weighted by atomic mass is 16.2. The van der Waals surface area contributed by atoms with Crippen molar-refractivity contribution in [3.63, 3.8) is 0 Å². The lowest BCUT2D eigenvalue weighted by Crippen LogP contribution is -2.53. The molecule has 1 aliphatic rings. The van der Waals surface area contributed by atoms with Gasteiger partial charge in [0, 0.05) is 35.1 Å². The van der Waals surface area contributed by atoms with Crippen LogP contribution in [0.3, 0.4) is 0 Å². The molecule has 0 bridgehead atoms. The Balaban J connectivity index is 1.58. The van der Waals surface area contributed by atoms with Gasteiger partial charge in [-0.25, -0.2) is 4.68 Å². The van der Waals surface area contributed by atoms with E-state index in [0.717, 1.165) is 18.4 Å². The number of Topliss-reactive ketones (excluding diaryl/α,β-unsaturated/α-hetero) is 1. The minimum atomic E-state index is -0.763. The van der Waals surface area contributed by atoms with Crippen molar-refractivity contribution >= 4 is 34.3 Å². The third-order valence-electron chi connectivity index (χ3n) is 5.43. The zero-order chi connectivity index (χ0) is 22.1. The van der Waals surface area contributed by atoms with Crippen molar-refractivity contribution in [2.75, 3.05) is 5.32 Å². The molecule has 2 atom stereocenters. The zero-order valence-electron chi connectivity index (χ0n) is 17.8. The Morgan fingerprint density at radius 3 is 2.81 bits per heavy atom. The number of ketones is 1. The van der Waals surface area contributed by atoms with Gasteiger partial charge in [-0.1, -0.05) is 31.5 Å². The van der Waals surface area contributed by atoms with Crippen LogP contribution in [0.4, 0.5) is 5.82 Å². The first-order valence-electron chi connectivity index (χ1n) is 10.4. The van der Waals surface area contributed by atoms with Crippen molar-refractivity contribution in [1.29, 1.82) is 0 Å². The molecule has 1 saturated heterocycles. The van der Waals surface area contributed by atoms with E-state index in [1.54, 1.807) is 19.9 Å². The van der Waals surface area contributed by atoms with Crippen molar-refractivity contribution in [3.8, 4) is 0 Å². The number of aryl methyl sites for hydroxylation is 2. The predicted octanol–water partition coefficient (Wildman–Crippen LogP) is 2.54. The predicted molar refractivity (Wildman–Crippen MR) is 117 cm³/mol. The maximum Gasteiger partial charge on any atom is 0.298 e. The van der Waals surface area contributed by atoms with Gasteiger partial charge in [-0.3, -0.25) is 19.7 Å². The van der Waals surface area contributed by atoms with E-state index in [1.807, 2.05) is 24.3 Å². The number of para-hydroxylation sites is 1. The van der Waals surface area contributed by atoms with Crippen LogP contribution in [0.1, 0.15) is 54.2 Å². The number of nitrogens with one attached hydrogen (secondary N) is 4. The van der Waals surface area contributed by atoms with Crippen LogP contribution in [0.25, 0.3) is 10.9 Å². The number of aromatic nitrogens is 3. The third-order valence-corrected chi connectivity index (χ3v) is 5.43. The number of nitrogens with zero attached hydrogens (tertiary/aromatic N) is 2. The maximum atomic E-state index is 13.0. The Bertz CT molecular complexity index is 1160. The zero-order valence-corrected chi connectivity index (χ0v) is 17.8. The van der Waals surface area contributed by atoms with E-state index in [-0.39, 0.29) is 11.9 Å². The number of aromatic amines is 1. The summed E-state index contributed by atoms with van der Waals surface area (Å²) in [5.74, 6) is -1.15. The number of amides is 2. The number of carbonyl (C=O) groups excluding carboxylic acids is 3. The Morgan fingerprint density at radius 2 is 2.03 bits per heavy atom. The van der Waals surface area contributed by atoms with Crippen molar-refractivity contribution in [3.05, 3.63) is 47.3 Å². The highest BCUT2D eigenvalue weighted by Gasteiger charge is 2.30. The number of benzene rings is 1. The van der Waals surface area contributed by atoms with Crippen LogP contribution in [-0.4, -0.2) is 38.4 Å². The first-order chi connectivity index (χ1) is 14.9. The number of anilines is 1. The van der Waals surface area contributed by atoms with Crippen LogP contribution in [0.15, 0.2) is 30.3 Å². The second kappa shape index (κ2) is 8.35. The quantitative estimate of drug-likeness (QED) is 0.359. The molecular formula is C22H26N6O3. The molecule has 0 radical (unpaired) electrons. The molecule has 2 aromatic heterocycles. The van der Waals surface area contributed by atoms with Gasteiger partial charge in [0.2, 0.25) is 5.91 Å². The molecule has 3 aromatic rings. The smallest absolute Gasteiger partial charge is 0.298 e. The molecule has 2 unspecified atom stereocenters. The molecule has 9 nitrogen and oxygen atoms in total. The van der Waals surface area contributed by atoms with Crippen molar-refractivity contribution in [2.24, 2.45) is 0 Å². The Labute approximate surface area is 179 Å². The molecule has 0 spiro atoms. The van der Waals surface area contributed by atoms with E-state index in [2.05, 4.69) is 33.0 Å². The average Bonchev–Trinajstić information content (AvgIpc) is 3.25. The number of fused-ring (bicyclic) bond motifs is 1. The topological polar surface area (TPSA) is 121 Å². The Hall–Kier alpha value is -3.46. The Morgan fingerprint density at radius 1 is 1.26 bits per heavy atom. The lowest BCUT2D eigenvalue weighted by molar-refractivity contribution is -0.125. The molecule has 31 heavy (non-hydrogen) atoms. The summed E-state index contributed by atoms with van der Waals surface area (Å²) < 4.78 is 1.50. The van der Waals surface area contributed by atoms with Gasteiger partial charge in [0.05, 0.1) is 11.3 Å². The van der Waals surface area contributed by atoms with Gasteiger partial charge >= 0.3 is 0 Å². The highest BCUT2D eigenvalue weighted by Crippen LogP contribution is 2.24.